The van der Waals surface area contributed by atoms with E-state index in [1.54, 1.807) is 24.3 Å². The zero-order valence-corrected chi connectivity index (χ0v) is 30.3. The lowest BCUT2D eigenvalue weighted by Crippen LogP contribution is -2.35. The third-order valence-electron chi connectivity index (χ3n) is 9.29. The normalized spacial score (nSPS) is 11.7. The third-order valence-corrected chi connectivity index (χ3v) is 9.29. The summed E-state index contributed by atoms with van der Waals surface area (Å²) in [6.07, 6.45) is 0.840. The number of nitrogens with zero attached hydrogens (tertiary/aromatic N) is 2. The van der Waals surface area contributed by atoms with E-state index in [1.807, 2.05) is 0 Å². The number of hydrogen-bond donors (Lipinski definition) is 6. The van der Waals surface area contributed by atoms with Gasteiger partial charge in [-0.15, -0.1) is 0 Å². The summed E-state index contributed by atoms with van der Waals surface area (Å²) < 4.78 is 11.9. The van der Waals surface area contributed by atoms with Crippen LogP contribution in [-0.4, -0.2) is 95.0 Å². The Hall–Kier alpha value is -6.80. The number of para-hydroxylation sites is 2. The van der Waals surface area contributed by atoms with Gasteiger partial charge in [-0.1, -0.05) is 66.7 Å². The van der Waals surface area contributed by atoms with E-state index in [-0.39, 0.29) is 36.1 Å². The maximum atomic E-state index is 11.7. The number of benzene rings is 6. The Balaban J connectivity index is 1.14. The lowest BCUT2D eigenvalue weighted by molar-refractivity contribution is -0.138. The molecule has 0 aliphatic rings. The Morgan fingerprint density at radius 1 is 0.589 bits per heavy atom. The van der Waals surface area contributed by atoms with Crippen molar-refractivity contribution in [1.82, 2.24) is 0 Å². The second-order valence-electron chi connectivity index (χ2n) is 13.3. The number of carbonyl (C=O) groups is 4. The largest absolute Gasteiger partial charge is 0.488 e. The predicted octanol–water partition coefficient (Wildman–Crippen LogP) is 5.75. The summed E-state index contributed by atoms with van der Waals surface area (Å²) in [5, 5.41) is 59.0. The number of aryl methyl sites for hydroxylation is 1. The highest BCUT2D eigenvalue weighted by molar-refractivity contribution is 6.23. The number of ether oxygens (including phenoxy) is 2. The fraction of sp³-hybridized carbons (Fsp3) is 0.238. The number of hydrogen-bond acceptors (Lipinski definition) is 10. The number of aliphatic hydroxyl groups excluding tert-OH is 1. The van der Waals surface area contributed by atoms with Crippen molar-refractivity contribution in [3.8, 4) is 11.5 Å². The van der Waals surface area contributed by atoms with Crippen LogP contribution in [-0.2, 0) is 25.6 Å². The number of nitrogens with one attached hydrogen (secondary N) is 1. The molecule has 0 saturated heterocycles. The first kappa shape index (κ1) is 38.9. The van der Waals surface area contributed by atoms with Crippen LogP contribution in [0.25, 0.3) is 32.3 Å². The van der Waals surface area contributed by atoms with E-state index in [1.165, 1.54) is 56.1 Å². The highest BCUT2D eigenvalue weighted by Gasteiger charge is 2.21. The molecule has 1 atom stereocenters. The van der Waals surface area contributed by atoms with Crippen LogP contribution in [0, 0.1) is 0 Å². The van der Waals surface area contributed by atoms with Crippen molar-refractivity contribution in [2.24, 2.45) is 0 Å². The van der Waals surface area contributed by atoms with Crippen molar-refractivity contribution >= 4 is 73.3 Å². The van der Waals surface area contributed by atoms with Crippen LogP contribution in [0.1, 0.15) is 18.4 Å². The molecule has 0 aromatic heterocycles. The monoisotopic (exact) mass is 763 g/mol. The van der Waals surface area contributed by atoms with E-state index in [2.05, 4.69) is 59.9 Å². The van der Waals surface area contributed by atoms with E-state index in [0.29, 0.717) is 18.5 Å². The Morgan fingerprint density at radius 2 is 1.12 bits per heavy atom. The second-order valence-corrected chi connectivity index (χ2v) is 13.3. The van der Waals surface area contributed by atoms with Gasteiger partial charge in [0.2, 0.25) is 0 Å². The maximum absolute atomic E-state index is 11.7. The molecule has 6 N–H and O–H groups in total. The highest BCUT2D eigenvalue weighted by Crippen LogP contribution is 2.37. The number of carboxylic acids is 4. The molecule has 0 aliphatic carbocycles. The molecule has 0 saturated carbocycles. The van der Waals surface area contributed by atoms with Gasteiger partial charge in [0.15, 0.2) is 0 Å². The first-order chi connectivity index (χ1) is 27.0. The molecule has 14 heteroatoms. The quantitative estimate of drug-likeness (QED) is 0.0294. The van der Waals surface area contributed by atoms with Crippen molar-refractivity contribution in [2.75, 3.05) is 54.5 Å². The van der Waals surface area contributed by atoms with Crippen LogP contribution in [0.2, 0.25) is 0 Å². The molecule has 0 radical (unpaired) electrons. The van der Waals surface area contributed by atoms with Crippen molar-refractivity contribution < 1.29 is 54.2 Å². The summed E-state index contributed by atoms with van der Waals surface area (Å²) >= 11 is 0. The van der Waals surface area contributed by atoms with E-state index in [9.17, 15) is 44.7 Å². The van der Waals surface area contributed by atoms with Crippen LogP contribution in [0.3, 0.4) is 0 Å². The Kier molecular flexibility index (Phi) is 12.2. The Bertz CT molecular complexity index is 2320. The minimum atomic E-state index is -1.26. The van der Waals surface area contributed by atoms with Crippen LogP contribution in [0.15, 0.2) is 97.1 Å². The van der Waals surface area contributed by atoms with Crippen LogP contribution in [0.4, 0.5) is 17.1 Å². The summed E-state index contributed by atoms with van der Waals surface area (Å²) in [6.45, 7) is -2.66. The molecule has 0 fully saturated rings. The number of aliphatic hydroxyl groups is 1. The van der Waals surface area contributed by atoms with Gasteiger partial charge >= 0.3 is 23.9 Å². The first-order valence-electron chi connectivity index (χ1n) is 17.9. The van der Waals surface area contributed by atoms with Crippen LogP contribution < -0.4 is 24.6 Å². The van der Waals surface area contributed by atoms with Gasteiger partial charge in [-0.2, -0.15) is 0 Å². The first-order valence-corrected chi connectivity index (χ1v) is 17.9. The molecular formula is C42H41N3O11. The highest BCUT2D eigenvalue weighted by atomic mass is 16.5. The molecule has 0 bridgehead atoms. The minimum absolute atomic E-state index is 0.106. The standard InChI is InChI=1S/C42H41N3O11/c46-36(10-4-5-26-11-12-29-14-13-27-6-3-7-28-15-17-31(26)42(29)41(27)28)43-30-16-18-33(45(24-39(51)52)25-40(53)54)35(21-30)56-20-19-55-34-9-2-1-8-32(34)44(22-37(47)48)23-38(49)50/h1-3,6-9,11-18,21,36,43,46H,4-5,10,19-20,22-25H2,(H,47,48)(H,49,50)(H,51,52)(H,53,54). The van der Waals surface area contributed by atoms with Gasteiger partial charge in [-0.3, -0.25) is 19.2 Å². The van der Waals surface area contributed by atoms with Crippen molar-refractivity contribution in [3.05, 3.63) is 103 Å². The zero-order chi connectivity index (χ0) is 39.8. The van der Waals surface area contributed by atoms with Crippen molar-refractivity contribution in [1.29, 1.82) is 0 Å². The summed E-state index contributed by atoms with van der Waals surface area (Å²) in [6, 6.07) is 30.1. The van der Waals surface area contributed by atoms with Gasteiger partial charge in [0.05, 0.1) is 11.4 Å². The van der Waals surface area contributed by atoms with E-state index >= 15 is 0 Å². The number of rotatable bonds is 21. The van der Waals surface area contributed by atoms with Gasteiger partial charge < -0.3 is 50.1 Å². The molecule has 0 heterocycles. The van der Waals surface area contributed by atoms with Gasteiger partial charge in [0.1, 0.15) is 57.1 Å². The minimum Gasteiger partial charge on any atom is -0.488 e. The molecule has 0 amide bonds. The van der Waals surface area contributed by atoms with Gasteiger partial charge in [0.25, 0.3) is 0 Å². The summed E-state index contributed by atoms with van der Waals surface area (Å²) in [4.78, 5) is 48.5. The lowest BCUT2D eigenvalue weighted by atomic mass is 9.90. The number of aliphatic carboxylic acids is 4. The average molecular weight is 764 g/mol. The van der Waals surface area contributed by atoms with Crippen molar-refractivity contribution in [3.63, 3.8) is 0 Å². The molecular weight excluding hydrogens is 722 g/mol. The fourth-order valence-electron chi connectivity index (χ4n) is 6.99. The Morgan fingerprint density at radius 3 is 1.75 bits per heavy atom. The van der Waals surface area contributed by atoms with Gasteiger partial charge in [0, 0.05) is 11.8 Å². The van der Waals surface area contributed by atoms with E-state index in [0.717, 1.165) is 16.2 Å². The summed E-state index contributed by atoms with van der Waals surface area (Å²) in [5.41, 5.74) is 2.04. The Labute approximate surface area is 321 Å². The molecule has 0 spiro atoms. The lowest BCUT2D eigenvalue weighted by Gasteiger charge is -2.25. The SMILES string of the molecule is O=C(O)CN(CC(=O)O)c1ccccc1OCCOc1cc(NC(O)CCCc2ccc3ccc4cccc5ccc2c3c45)ccc1N(CC(=O)O)CC(=O)O. The number of anilines is 3. The molecule has 0 aliphatic heterocycles. The predicted molar refractivity (Wildman–Crippen MR) is 212 cm³/mol. The molecule has 6 rings (SSSR count). The molecule has 14 nitrogen and oxygen atoms in total. The van der Waals surface area contributed by atoms with Crippen molar-refractivity contribution in [2.45, 2.75) is 25.5 Å². The molecule has 290 valence electrons. The molecule has 6 aromatic carbocycles. The van der Waals surface area contributed by atoms with Gasteiger partial charge in [-0.25, -0.2) is 0 Å². The fourth-order valence-corrected chi connectivity index (χ4v) is 6.99. The topological polar surface area (TPSA) is 206 Å². The van der Waals surface area contributed by atoms with Gasteiger partial charge in [-0.05, 0) is 81.4 Å². The maximum Gasteiger partial charge on any atom is 0.323 e. The second kappa shape index (κ2) is 17.6. The smallest absolute Gasteiger partial charge is 0.323 e. The molecule has 56 heavy (non-hydrogen) atoms. The molecule has 1 unspecified atom stereocenters. The van der Waals surface area contributed by atoms with Crippen LogP contribution >= 0.6 is 0 Å². The zero-order valence-electron chi connectivity index (χ0n) is 30.3. The van der Waals surface area contributed by atoms with E-state index in [4.69, 9.17) is 9.47 Å². The molecule has 6 aromatic rings. The summed E-state index contributed by atoms with van der Waals surface area (Å²) in [5.74, 6) is -4.65. The van der Waals surface area contributed by atoms with Crippen LogP contribution in [0.5, 0.6) is 11.5 Å². The summed E-state index contributed by atoms with van der Waals surface area (Å²) in [7, 11) is 0. The third kappa shape index (κ3) is 9.46. The van der Waals surface area contributed by atoms with E-state index < -0.39 is 56.3 Å². The number of carboxylic acid groups (broad SMARTS) is 4. The average Bonchev–Trinajstić information content (AvgIpc) is 3.15.